The molecular weight excluding hydrogens is 196 g/mol. The van der Waals surface area contributed by atoms with E-state index in [0.29, 0.717) is 0 Å². The molecule has 0 aliphatic carbocycles. The zero-order valence-corrected chi connectivity index (χ0v) is 8.39. The molecule has 2 rings (SSSR count). The number of nitrogens with one attached hydrogen (secondary N) is 1. The molecule has 1 saturated heterocycles. The molecule has 1 aliphatic heterocycles. The Kier molecular flexibility index (Phi) is 3.11. The number of rotatable bonds is 1. The minimum atomic E-state index is -0.793. The summed E-state index contributed by atoms with van der Waals surface area (Å²) in [6.45, 7) is 1.88. The van der Waals surface area contributed by atoms with Crippen molar-refractivity contribution in [2.45, 2.75) is 12.8 Å². The molecule has 1 aliphatic rings. The van der Waals surface area contributed by atoms with E-state index in [2.05, 4.69) is 5.32 Å². The lowest BCUT2D eigenvalue weighted by atomic mass is 10.0. The van der Waals surface area contributed by atoms with E-state index in [9.17, 15) is 8.78 Å². The number of benzene rings is 1. The third kappa shape index (κ3) is 2.63. The first kappa shape index (κ1) is 10.3. The summed E-state index contributed by atoms with van der Waals surface area (Å²) in [5, 5.41) is 3.24. The van der Waals surface area contributed by atoms with Gasteiger partial charge in [0.1, 0.15) is 0 Å². The van der Waals surface area contributed by atoms with E-state index in [4.69, 9.17) is 0 Å². The summed E-state index contributed by atoms with van der Waals surface area (Å²) in [5.74, 6) is -1.58. The predicted octanol–water partition coefficient (Wildman–Crippen LogP) is 2.73. The number of piperidine rings is 1. The molecule has 0 unspecified atom stereocenters. The van der Waals surface area contributed by atoms with Crippen LogP contribution in [0.3, 0.4) is 0 Å². The zero-order chi connectivity index (χ0) is 10.7. The third-order valence-corrected chi connectivity index (χ3v) is 2.52. The largest absolute Gasteiger partial charge is 0.313 e. The maximum atomic E-state index is 12.9. The first-order valence-corrected chi connectivity index (χ1v) is 5.11. The van der Waals surface area contributed by atoms with Gasteiger partial charge in [-0.15, -0.1) is 0 Å². The van der Waals surface area contributed by atoms with Crippen molar-refractivity contribution in [1.82, 2.24) is 5.32 Å². The van der Waals surface area contributed by atoms with E-state index < -0.39 is 11.6 Å². The Labute approximate surface area is 87.8 Å². The summed E-state index contributed by atoms with van der Waals surface area (Å²) in [5.41, 5.74) is 1.97. The van der Waals surface area contributed by atoms with Crippen molar-refractivity contribution in [2.75, 3.05) is 13.1 Å². The summed E-state index contributed by atoms with van der Waals surface area (Å²) in [4.78, 5) is 0. The fraction of sp³-hybridized carbons (Fsp3) is 0.333. The van der Waals surface area contributed by atoms with Gasteiger partial charge in [-0.05, 0) is 37.1 Å². The van der Waals surface area contributed by atoms with Crippen LogP contribution in [0.15, 0.2) is 23.8 Å². The van der Waals surface area contributed by atoms with Gasteiger partial charge in [-0.1, -0.05) is 17.7 Å². The second-order valence-electron chi connectivity index (χ2n) is 3.76. The fourth-order valence-electron chi connectivity index (χ4n) is 1.74. The van der Waals surface area contributed by atoms with E-state index in [0.717, 1.165) is 37.6 Å². The standard InChI is InChI=1S/C12H13F2N/c13-11-4-3-9(7-12(11)14)6-10-2-1-5-15-8-10/h3-4,6-7,15H,1-2,5,8H2/b10-6-. The molecule has 1 nitrogen and oxygen atoms in total. The molecule has 1 aromatic carbocycles. The van der Waals surface area contributed by atoms with Crippen LogP contribution < -0.4 is 5.32 Å². The maximum absolute atomic E-state index is 12.9. The van der Waals surface area contributed by atoms with Crippen LogP contribution in [0.1, 0.15) is 18.4 Å². The summed E-state index contributed by atoms with van der Waals surface area (Å²) < 4.78 is 25.6. The molecule has 0 atom stereocenters. The van der Waals surface area contributed by atoms with Crippen molar-refractivity contribution < 1.29 is 8.78 Å². The molecule has 0 radical (unpaired) electrons. The van der Waals surface area contributed by atoms with Gasteiger partial charge in [0.2, 0.25) is 0 Å². The van der Waals surface area contributed by atoms with Crippen LogP contribution in [0, 0.1) is 11.6 Å². The van der Waals surface area contributed by atoms with E-state index >= 15 is 0 Å². The lowest BCUT2D eigenvalue weighted by Gasteiger charge is -2.15. The summed E-state index contributed by atoms with van der Waals surface area (Å²) >= 11 is 0. The fourth-order valence-corrected chi connectivity index (χ4v) is 1.74. The highest BCUT2D eigenvalue weighted by atomic mass is 19.2. The van der Waals surface area contributed by atoms with Crippen LogP contribution in [0.4, 0.5) is 8.78 Å². The SMILES string of the molecule is Fc1ccc(/C=C2/CCCNC2)cc1F. The van der Waals surface area contributed by atoms with E-state index in [1.165, 1.54) is 11.6 Å². The number of hydrogen-bond donors (Lipinski definition) is 1. The average Bonchev–Trinajstić information content (AvgIpc) is 2.25. The Hall–Kier alpha value is -1.22. The Balaban J connectivity index is 2.18. The quantitative estimate of drug-likeness (QED) is 0.749. The van der Waals surface area contributed by atoms with Gasteiger partial charge in [0.15, 0.2) is 11.6 Å². The van der Waals surface area contributed by atoms with Gasteiger partial charge < -0.3 is 5.32 Å². The van der Waals surface area contributed by atoms with Gasteiger partial charge in [-0.3, -0.25) is 0 Å². The highest BCUT2D eigenvalue weighted by Crippen LogP contribution is 2.15. The van der Waals surface area contributed by atoms with Gasteiger partial charge in [0.25, 0.3) is 0 Å². The predicted molar refractivity (Wildman–Crippen MR) is 56.4 cm³/mol. The topological polar surface area (TPSA) is 12.0 Å². The lowest BCUT2D eigenvalue weighted by molar-refractivity contribution is 0.508. The molecule has 1 aromatic rings. The molecule has 0 bridgehead atoms. The number of halogens is 2. The van der Waals surface area contributed by atoms with Crippen LogP contribution in [0.25, 0.3) is 6.08 Å². The molecule has 1 N–H and O–H groups in total. The van der Waals surface area contributed by atoms with Crippen LogP contribution >= 0.6 is 0 Å². The van der Waals surface area contributed by atoms with Crippen molar-refractivity contribution in [3.63, 3.8) is 0 Å². The molecular formula is C12H13F2N. The first-order chi connectivity index (χ1) is 7.25. The Morgan fingerprint density at radius 3 is 2.73 bits per heavy atom. The van der Waals surface area contributed by atoms with E-state index in [1.807, 2.05) is 6.08 Å². The lowest BCUT2D eigenvalue weighted by Crippen LogP contribution is -2.23. The second-order valence-corrected chi connectivity index (χ2v) is 3.76. The van der Waals surface area contributed by atoms with Crippen LogP contribution in [0.5, 0.6) is 0 Å². The molecule has 3 heteroatoms. The Morgan fingerprint density at radius 1 is 1.20 bits per heavy atom. The minimum Gasteiger partial charge on any atom is -0.313 e. The van der Waals surface area contributed by atoms with Crippen LogP contribution in [0.2, 0.25) is 0 Å². The van der Waals surface area contributed by atoms with E-state index in [1.54, 1.807) is 6.07 Å². The van der Waals surface area contributed by atoms with Gasteiger partial charge >= 0.3 is 0 Å². The highest BCUT2D eigenvalue weighted by molar-refractivity contribution is 5.53. The first-order valence-electron chi connectivity index (χ1n) is 5.11. The van der Waals surface area contributed by atoms with Gasteiger partial charge in [0, 0.05) is 6.54 Å². The van der Waals surface area contributed by atoms with Gasteiger partial charge in [-0.25, -0.2) is 8.78 Å². The van der Waals surface area contributed by atoms with Gasteiger partial charge in [0.05, 0.1) is 0 Å². The van der Waals surface area contributed by atoms with Crippen LogP contribution in [-0.2, 0) is 0 Å². The molecule has 80 valence electrons. The smallest absolute Gasteiger partial charge is 0.159 e. The summed E-state index contributed by atoms with van der Waals surface area (Å²) in [6, 6.07) is 3.99. The Bertz CT molecular complexity index is 377. The summed E-state index contributed by atoms with van der Waals surface area (Å²) in [6.07, 6.45) is 4.07. The number of hydrogen-bond acceptors (Lipinski definition) is 1. The van der Waals surface area contributed by atoms with Crippen molar-refractivity contribution >= 4 is 6.08 Å². The third-order valence-electron chi connectivity index (χ3n) is 2.52. The molecule has 0 aromatic heterocycles. The zero-order valence-electron chi connectivity index (χ0n) is 8.39. The summed E-state index contributed by atoms with van der Waals surface area (Å²) in [7, 11) is 0. The average molecular weight is 209 g/mol. The molecule has 0 saturated carbocycles. The van der Waals surface area contributed by atoms with Crippen molar-refractivity contribution in [3.05, 3.63) is 41.0 Å². The van der Waals surface area contributed by atoms with Crippen molar-refractivity contribution in [1.29, 1.82) is 0 Å². The van der Waals surface area contributed by atoms with Crippen molar-refractivity contribution in [2.24, 2.45) is 0 Å². The molecule has 15 heavy (non-hydrogen) atoms. The minimum absolute atomic E-state index is 0.729. The normalized spacial score (nSPS) is 19.5. The van der Waals surface area contributed by atoms with Crippen LogP contribution in [-0.4, -0.2) is 13.1 Å². The maximum Gasteiger partial charge on any atom is 0.159 e. The Morgan fingerprint density at radius 2 is 2.07 bits per heavy atom. The highest BCUT2D eigenvalue weighted by Gasteiger charge is 2.05. The van der Waals surface area contributed by atoms with Gasteiger partial charge in [-0.2, -0.15) is 0 Å². The van der Waals surface area contributed by atoms with Crippen molar-refractivity contribution in [3.8, 4) is 0 Å². The van der Waals surface area contributed by atoms with E-state index in [-0.39, 0.29) is 0 Å². The molecule has 0 amide bonds. The molecule has 0 spiro atoms. The molecule has 1 heterocycles. The molecule has 1 fully saturated rings. The second kappa shape index (κ2) is 4.53. The monoisotopic (exact) mass is 209 g/mol.